The third kappa shape index (κ3) is 7.82. The molecule has 0 aromatic carbocycles. The lowest BCUT2D eigenvalue weighted by Crippen LogP contribution is -2.38. The Morgan fingerprint density at radius 3 is 2.70 bits per heavy atom. The fourth-order valence-electron chi connectivity index (χ4n) is 1.63. The zero-order chi connectivity index (χ0) is 17.3. The van der Waals surface area contributed by atoms with Gasteiger partial charge in [-0.1, -0.05) is 5.16 Å². The van der Waals surface area contributed by atoms with Gasteiger partial charge in [-0.2, -0.15) is 18.2 Å². The number of ether oxygens (including phenoxy) is 1. The smallest absolute Gasteiger partial charge is 0.371 e. The fraction of sp³-hybridized carbons (Fsp3) is 0.769. The van der Waals surface area contributed by atoms with E-state index < -0.39 is 12.6 Å². The molecule has 1 atom stereocenters. The third-order valence-corrected chi connectivity index (χ3v) is 2.68. The van der Waals surface area contributed by atoms with Gasteiger partial charge in [0.2, 0.25) is 5.89 Å². The summed E-state index contributed by atoms with van der Waals surface area (Å²) < 4.78 is 46.8. The lowest BCUT2D eigenvalue weighted by Gasteiger charge is -2.11. The van der Waals surface area contributed by atoms with Crippen molar-refractivity contribution >= 4 is 5.96 Å². The van der Waals surface area contributed by atoms with Crippen LogP contribution in [0.3, 0.4) is 0 Å². The second-order valence-electron chi connectivity index (χ2n) is 4.63. The molecule has 1 aromatic heterocycles. The minimum absolute atomic E-state index is 0.0627. The van der Waals surface area contributed by atoms with E-state index in [0.29, 0.717) is 19.0 Å². The van der Waals surface area contributed by atoms with E-state index in [9.17, 15) is 13.2 Å². The summed E-state index contributed by atoms with van der Waals surface area (Å²) in [7, 11) is 0. The number of nitrogens with zero attached hydrogens (tertiary/aromatic N) is 3. The van der Waals surface area contributed by atoms with E-state index in [4.69, 9.17) is 9.26 Å². The van der Waals surface area contributed by atoms with Crippen molar-refractivity contribution in [2.45, 2.75) is 46.0 Å². The minimum atomic E-state index is -4.21. The number of aliphatic imine (C=N–C) groups is 1. The molecular formula is C13H22F3N5O2. The molecular weight excluding hydrogens is 315 g/mol. The molecule has 1 rings (SSSR count). The van der Waals surface area contributed by atoms with Crippen LogP contribution in [0.15, 0.2) is 9.52 Å². The van der Waals surface area contributed by atoms with Crippen LogP contribution in [-0.2, 0) is 11.3 Å². The lowest BCUT2D eigenvalue weighted by atomic mass is 10.4. The first-order chi connectivity index (χ1) is 10.9. The van der Waals surface area contributed by atoms with E-state index in [1.807, 2.05) is 13.8 Å². The van der Waals surface area contributed by atoms with Crippen molar-refractivity contribution in [3.63, 3.8) is 0 Å². The molecule has 0 aliphatic rings. The summed E-state index contributed by atoms with van der Waals surface area (Å²) in [5.74, 6) is 0.931. The van der Waals surface area contributed by atoms with Crippen molar-refractivity contribution in [2.75, 3.05) is 19.7 Å². The summed E-state index contributed by atoms with van der Waals surface area (Å²) in [6, 6.07) is 0. The zero-order valence-electron chi connectivity index (χ0n) is 13.4. The Hall–Kier alpha value is -1.84. The molecule has 0 aliphatic heterocycles. The highest BCUT2D eigenvalue weighted by molar-refractivity contribution is 5.79. The number of halogens is 3. The van der Waals surface area contributed by atoms with Gasteiger partial charge in [-0.15, -0.1) is 0 Å². The van der Waals surface area contributed by atoms with Crippen molar-refractivity contribution in [3.05, 3.63) is 11.7 Å². The van der Waals surface area contributed by atoms with Gasteiger partial charge in [0.05, 0.1) is 6.42 Å². The number of rotatable bonds is 8. The molecule has 10 heteroatoms. The molecule has 7 nitrogen and oxygen atoms in total. The highest BCUT2D eigenvalue weighted by atomic mass is 19.4. The molecule has 0 amide bonds. The van der Waals surface area contributed by atoms with Crippen LogP contribution >= 0.6 is 0 Å². The van der Waals surface area contributed by atoms with Crippen LogP contribution in [0.25, 0.3) is 0 Å². The Morgan fingerprint density at radius 1 is 1.35 bits per heavy atom. The monoisotopic (exact) mass is 337 g/mol. The molecule has 2 N–H and O–H groups in total. The second kappa shape index (κ2) is 9.33. The average molecular weight is 337 g/mol. The fourth-order valence-corrected chi connectivity index (χ4v) is 1.63. The van der Waals surface area contributed by atoms with E-state index in [1.54, 1.807) is 6.92 Å². The normalized spacial score (nSPS) is 13.9. The van der Waals surface area contributed by atoms with E-state index in [-0.39, 0.29) is 31.0 Å². The van der Waals surface area contributed by atoms with Crippen LogP contribution in [0.4, 0.5) is 13.2 Å². The first kappa shape index (κ1) is 19.2. The molecule has 1 unspecified atom stereocenters. The Bertz CT molecular complexity index is 490. The second-order valence-corrected chi connectivity index (χ2v) is 4.63. The van der Waals surface area contributed by atoms with Crippen molar-refractivity contribution < 1.29 is 22.4 Å². The van der Waals surface area contributed by atoms with Gasteiger partial charge in [0.25, 0.3) is 0 Å². The molecule has 0 saturated carbocycles. The van der Waals surface area contributed by atoms with Crippen LogP contribution < -0.4 is 10.6 Å². The quantitative estimate of drug-likeness (QED) is 0.559. The highest BCUT2D eigenvalue weighted by Crippen LogP contribution is 2.18. The molecule has 23 heavy (non-hydrogen) atoms. The summed E-state index contributed by atoms with van der Waals surface area (Å²) in [5, 5.41) is 9.23. The van der Waals surface area contributed by atoms with Gasteiger partial charge in [-0.25, -0.2) is 4.99 Å². The number of hydrogen-bond donors (Lipinski definition) is 2. The van der Waals surface area contributed by atoms with Gasteiger partial charge in [0.15, 0.2) is 11.8 Å². The molecule has 132 valence electrons. The van der Waals surface area contributed by atoms with Gasteiger partial charge in [-0.3, -0.25) is 0 Å². The molecule has 0 bridgehead atoms. The topological polar surface area (TPSA) is 84.6 Å². The van der Waals surface area contributed by atoms with Crippen LogP contribution in [0.5, 0.6) is 0 Å². The predicted octanol–water partition coefficient (Wildman–Crippen LogP) is 2.17. The maximum Gasteiger partial charge on any atom is 0.390 e. The minimum Gasteiger partial charge on any atom is -0.371 e. The Kier molecular flexibility index (Phi) is 7.79. The lowest BCUT2D eigenvalue weighted by molar-refractivity contribution is -0.132. The van der Waals surface area contributed by atoms with Crippen molar-refractivity contribution in [3.8, 4) is 0 Å². The van der Waals surface area contributed by atoms with Crippen molar-refractivity contribution in [1.29, 1.82) is 0 Å². The van der Waals surface area contributed by atoms with Gasteiger partial charge >= 0.3 is 6.18 Å². The van der Waals surface area contributed by atoms with E-state index in [0.717, 1.165) is 0 Å². The molecule has 1 aromatic rings. The maximum absolute atomic E-state index is 12.1. The third-order valence-electron chi connectivity index (χ3n) is 2.68. The number of nitrogens with one attached hydrogen (secondary N) is 2. The summed E-state index contributed by atoms with van der Waals surface area (Å²) in [4.78, 5) is 8.25. The zero-order valence-corrected chi connectivity index (χ0v) is 13.4. The Balaban J connectivity index is 2.56. The number of aromatic nitrogens is 2. The molecule has 0 radical (unpaired) electrons. The number of alkyl halides is 3. The first-order valence-corrected chi connectivity index (χ1v) is 7.38. The Labute approximate surface area is 132 Å². The average Bonchev–Trinajstić information content (AvgIpc) is 2.92. The van der Waals surface area contributed by atoms with Gasteiger partial charge in [0.1, 0.15) is 12.6 Å². The first-order valence-electron chi connectivity index (χ1n) is 7.38. The van der Waals surface area contributed by atoms with Crippen molar-refractivity contribution in [1.82, 2.24) is 20.8 Å². The maximum atomic E-state index is 12.1. The van der Waals surface area contributed by atoms with E-state index in [1.165, 1.54) is 0 Å². The van der Waals surface area contributed by atoms with Crippen LogP contribution in [0.1, 0.15) is 45.0 Å². The highest BCUT2D eigenvalue weighted by Gasteiger charge is 2.26. The van der Waals surface area contributed by atoms with Gasteiger partial charge in [-0.05, 0) is 20.8 Å². The number of hydrogen-bond acceptors (Lipinski definition) is 5. The summed E-state index contributed by atoms with van der Waals surface area (Å²) in [6.45, 7) is 6.32. The molecule has 1 heterocycles. The summed E-state index contributed by atoms with van der Waals surface area (Å²) in [5.41, 5.74) is 0. The van der Waals surface area contributed by atoms with Gasteiger partial charge in [0, 0.05) is 19.7 Å². The predicted molar refractivity (Wildman–Crippen MR) is 77.8 cm³/mol. The van der Waals surface area contributed by atoms with Crippen LogP contribution in [0.2, 0.25) is 0 Å². The number of guanidine groups is 1. The van der Waals surface area contributed by atoms with E-state index in [2.05, 4.69) is 25.8 Å². The molecule has 0 aliphatic carbocycles. The summed E-state index contributed by atoms with van der Waals surface area (Å²) >= 11 is 0. The standard InChI is InChI=1S/C13H22F3N5O2/c1-4-17-12(18-7-6-13(14,15)16)19-8-10-20-11(21-23-10)9(3)22-5-2/h9H,4-8H2,1-3H3,(H2,17,18,19). The van der Waals surface area contributed by atoms with Crippen molar-refractivity contribution in [2.24, 2.45) is 4.99 Å². The van der Waals surface area contributed by atoms with Crippen LogP contribution in [0, 0.1) is 0 Å². The van der Waals surface area contributed by atoms with E-state index >= 15 is 0 Å². The Morgan fingerprint density at radius 2 is 2.09 bits per heavy atom. The van der Waals surface area contributed by atoms with Crippen LogP contribution in [-0.4, -0.2) is 42.0 Å². The molecule has 0 spiro atoms. The van der Waals surface area contributed by atoms with Gasteiger partial charge < -0.3 is 19.9 Å². The SMILES string of the molecule is CCNC(=NCc1nc(C(C)OCC)no1)NCCC(F)(F)F. The molecule has 0 saturated heterocycles. The largest absolute Gasteiger partial charge is 0.390 e. The molecule has 0 fully saturated rings. The summed E-state index contributed by atoms with van der Waals surface area (Å²) in [6.07, 6.45) is -5.44.